The van der Waals surface area contributed by atoms with E-state index in [9.17, 15) is 9.59 Å². The van der Waals surface area contributed by atoms with Gasteiger partial charge < -0.3 is 23.8 Å². The van der Waals surface area contributed by atoms with Gasteiger partial charge in [-0.25, -0.2) is 4.79 Å². The van der Waals surface area contributed by atoms with E-state index in [1.807, 2.05) is 0 Å². The van der Waals surface area contributed by atoms with Crippen LogP contribution in [0.2, 0.25) is 0 Å². The Labute approximate surface area is 169 Å². The normalized spacial score (nSPS) is 13.9. The minimum absolute atomic E-state index is 0.130. The number of carbonyl (C=O) groups excluding carboxylic acids is 2. The van der Waals surface area contributed by atoms with E-state index in [0.29, 0.717) is 49.1 Å². The summed E-state index contributed by atoms with van der Waals surface area (Å²) in [6.45, 7) is 1.99. The number of ether oxygens (including phenoxy) is 4. The highest BCUT2D eigenvalue weighted by molar-refractivity contribution is 6.06. The van der Waals surface area contributed by atoms with E-state index in [0.717, 1.165) is 5.56 Å². The zero-order valence-corrected chi connectivity index (χ0v) is 16.4. The van der Waals surface area contributed by atoms with E-state index in [1.54, 1.807) is 60.6 Å². The van der Waals surface area contributed by atoms with Crippen LogP contribution in [0.15, 0.2) is 48.5 Å². The summed E-state index contributed by atoms with van der Waals surface area (Å²) in [5.74, 6) is 1.29. The van der Waals surface area contributed by atoms with Crippen molar-refractivity contribution in [1.29, 1.82) is 0 Å². The van der Waals surface area contributed by atoms with E-state index < -0.39 is 6.09 Å². The van der Waals surface area contributed by atoms with Gasteiger partial charge in [0.25, 0.3) is 0 Å². The fraction of sp³-hybridized carbons (Fsp3) is 0.273. The Kier molecular flexibility index (Phi) is 6.86. The molecule has 2 aromatic carbocycles. The van der Waals surface area contributed by atoms with Crippen LogP contribution in [0.5, 0.6) is 17.2 Å². The first-order chi connectivity index (χ1) is 14.1. The number of hydrogen-bond acceptors (Lipinski definition) is 6. The summed E-state index contributed by atoms with van der Waals surface area (Å²) in [4.78, 5) is 26.2. The number of amides is 1. The van der Waals surface area contributed by atoms with E-state index in [2.05, 4.69) is 0 Å². The number of hydrogen-bond donors (Lipinski definition) is 0. The van der Waals surface area contributed by atoms with Crippen molar-refractivity contribution in [3.8, 4) is 17.2 Å². The van der Waals surface area contributed by atoms with Crippen LogP contribution in [0.25, 0.3) is 6.08 Å². The van der Waals surface area contributed by atoms with Crippen LogP contribution in [0.4, 0.5) is 4.79 Å². The molecule has 29 heavy (non-hydrogen) atoms. The second-order valence-electron chi connectivity index (χ2n) is 6.30. The van der Waals surface area contributed by atoms with Crippen LogP contribution in [0.1, 0.15) is 15.9 Å². The number of morpholine rings is 1. The number of carbonyl (C=O) groups is 2. The van der Waals surface area contributed by atoms with E-state index in [4.69, 9.17) is 18.9 Å². The number of methoxy groups -OCH3 is 2. The van der Waals surface area contributed by atoms with Crippen molar-refractivity contribution in [1.82, 2.24) is 4.90 Å². The molecule has 1 aliphatic rings. The average Bonchev–Trinajstić information content (AvgIpc) is 2.78. The smallest absolute Gasteiger partial charge is 0.415 e. The summed E-state index contributed by atoms with van der Waals surface area (Å²) in [5, 5.41) is 0. The van der Waals surface area contributed by atoms with Crippen molar-refractivity contribution in [2.75, 3.05) is 40.5 Å². The van der Waals surface area contributed by atoms with Gasteiger partial charge in [-0.1, -0.05) is 12.1 Å². The molecule has 1 aliphatic heterocycles. The van der Waals surface area contributed by atoms with Gasteiger partial charge in [-0.15, -0.1) is 0 Å². The minimum Gasteiger partial charge on any atom is -0.497 e. The molecule has 0 bridgehead atoms. The number of benzene rings is 2. The van der Waals surface area contributed by atoms with Gasteiger partial charge in [-0.05, 0) is 48.0 Å². The minimum atomic E-state index is -0.440. The van der Waals surface area contributed by atoms with Crippen LogP contribution in [0.3, 0.4) is 0 Å². The van der Waals surface area contributed by atoms with Crippen LogP contribution in [-0.2, 0) is 4.74 Å². The van der Waals surface area contributed by atoms with E-state index in [-0.39, 0.29) is 5.78 Å². The Bertz CT molecular complexity index is 885. The maximum Gasteiger partial charge on any atom is 0.415 e. The quantitative estimate of drug-likeness (QED) is 0.549. The van der Waals surface area contributed by atoms with Gasteiger partial charge in [-0.3, -0.25) is 4.79 Å². The molecule has 0 saturated carbocycles. The lowest BCUT2D eigenvalue weighted by Crippen LogP contribution is -2.42. The molecule has 7 heteroatoms. The summed E-state index contributed by atoms with van der Waals surface area (Å²) in [6, 6.07) is 12.0. The highest BCUT2D eigenvalue weighted by Crippen LogP contribution is 2.29. The molecule has 0 N–H and O–H groups in total. The second kappa shape index (κ2) is 9.75. The lowest BCUT2D eigenvalue weighted by Gasteiger charge is -2.26. The third kappa shape index (κ3) is 5.36. The SMILES string of the molecule is COc1ccc(C(=O)/C=C/c2ccc(OC(=O)N3CCOCC3)c(OC)c2)cc1. The molecule has 1 heterocycles. The van der Waals surface area contributed by atoms with Gasteiger partial charge in [0.1, 0.15) is 5.75 Å². The Hall–Kier alpha value is -3.32. The second-order valence-corrected chi connectivity index (χ2v) is 6.30. The number of ketones is 1. The maximum atomic E-state index is 12.3. The van der Waals surface area contributed by atoms with Gasteiger partial charge in [-0.2, -0.15) is 0 Å². The maximum absolute atomic E-state index is 12.3. The summed E-state index contributed by atoms with van der Waals surface area (Å²) >= 11 is 0. The Balaban J connectivity index is 1.67. The van der Waals surface area contributed by atoms with E-state index in [1.165, 1.54) is 13.2 Å². The molecular formula is C22H23NO6. The highest BCUT2D eigenvalue weighted by atomic mass is 16.6. The molecule has 7 nitrogen and oxygen atoms in total. The Morgan fingerprint density at radius 2 is 1.69 bits per heavy atom. The van der Waals surface area contributed by atoms with Crippen LogP contribution in [0, 0.1) is 0 Å². The van der Waals surface area contributed by atoms with Crippen molar-refractivity contribution in [3.63, 3.8) is 0 Å². The first kappa shape index (κ1) is 20.4. The van der Waals surface area contributed by atoms with E-state index >= 15 is 0 Å². The molecular weight excluding hydrogens is 374 g/mol. The predicted octanol–water partition coefficient (Wildman–Crippen LogP) is 3.43. The molecule has 0 aliphatic carbocycles. The molecule has 0 radical (unpaired) electrons. The van der Waals surface area contributed by atoms with Gasteiger partial charge in [0.05, 0.1) is 27.4 Å². The largest absolute Gasteiger partial charge is 0.497 e. The summed E-state index contributed by atoms with van der Waals surface area (Å²) in [7, 11) is 3.07. The summed E-state index contributed by atoms with van der Waals surface area (Å²) < 4.78 is 21.1. The number of nitrogens with zero attached hydrogens (tertiary/aromatic N) is 1. The third-order valence-corrected chi connectivity index (χ3v) is 4.46. The van der Waals surface area contributed by atoms with Crippen molar-refractivity contribution in [2.24, 2.45) is 0 Å². The molecule has 0 unspecified atom stereocenters. The van der Waals surface area contributed by atoms with Crippen LogP contribution < -0.4 is 14.2 Å². The summed E-state index contributed by atoms with van der Waals surface area (Å²) in [6.07, 6.45) is 2.73. The zero-order chi connectivity index (χ0) is 20.6. The highest BCUT2D eigenvalue weighted by Gasteiger charge is 2.20. The lowest BCUT2D eigenvalue weighted by atomic mass is 10.1. The molecule has 1 fully saturated rings. The number of allylic oxidation sites excluding steroid dienone is 1. The average molecular weight is 397 g/mol. The molecule has 3 rings (SSSR count). The standard InChI is InChI=1S/C22H23NO6/c1-26-18-7-5-17(6-8-18)19(24)9-3-16-4-10-20(21(15-16)27-2)29-22(25)23-11-13-28-14-12-23/h3-10,15H,11-14H2,1-2H3/b9-3+. The molecule has 2 aromatic rings. The van der Waals surface area contributed by atoms with Gasteiger partial charge in [0.2, 0.25) is 0 Å². The fourth-order valence-electron chi connectivity index (χ4n) is 2.80. The Morgan fingerprint density at radius 3 is 2.34 bits per heavy atom. The zero-order valence-electron chi connectivity index (χ0n) is 16.4. The molecule has 152 valence electrons. The lowest BCUT2D eigenvalue weighted by molar-refractivity contribution is 0.0413. The van der Waals surface area contributed by atoms with Crippen molar-refractivity contribution in [3.05, 3.63) is 59.7 Å². The monoisotopic (exact) mass is 397 g/mol. The first-order valence-electron chi connectivity index (χ1n) is 9.19. The molecule has 1 saturated heterocycles. The third-order valence-electron chi connectivity index (χ3n) is 4.46. The predicted molar refractivity (Wildman–Crippen MR) is 108 cm³/mol. The molecule has 0 atom stereocenters. The van der Waals surface area contributed by atoms with Crippen LogP contribution >= 0.6 is 0 Å². The molecule has 1 amide bonds. The topological polar surface area (TPSA) is 74.3 Å². The van der Waals surface area contributed by atoms with Gasteiger partial charge in [0.15, 0.2) is 17.3 Å². The summed E-state index contributed by atoms with van der Waals surface area (Å²) in [5.41, 5.74) is 1.31. The van der Waals surface area contributed by atoms with Gasteiger partial charge in [0, 0.05) is 18.7 Å². The fourth-order valence-corrected chi connectivity index (χ4v) is 2.80. The Morgan fingerprint density at radius 1 is 0.966 bits per heavy atom. The van der Waals surface area contributed by atoms with Crippen molar-refractivity contribution < 1.29 is 28.5 Å². The van der Waals surface area contributed by atoms with Crippen molar-refractivity contribution >= 4 is 18.0 Å². The van der Waals surface area contributed by atoms with Crippen LogP contribution in [-0.4, -0.2) is 57.3 Å². The van der Waals surface area contributed by atoms with Gasteiger partial charge >= 0.3 is 6.09 Å². The number of rotatable bonds is 6. The van der Waals surface area contributed by atoms with Crippen molar-refractivity contribution in [2.45, 2.75) is 0 Å². The molecule has 0 spiro atoms. The first-order valence-corrected chi connectivity index (χ1v) is 9.19. The molecule has 0 aromatic heterocycles.